The number of anilines is 3. The summed E-state index contributed by atoms with van der Waals surface area (Å²) in [6.45, 7) is 5.36. The summed E-state index contributed by atoms with van der Waals surface area (Å²) in [4.78, 5) is 31.9. The van der Waals surface area contributed by atoms with E-state index < -0.39 is 11.7 Å². The van der Waals surface area contributed by atoms with Gasteiger partial charge in [0.15, 0.2) is 0 Å². The van der Waals surface area contributed by atoms with Crippen LogP contribution in [0.25, 0.3) is 0 Å². The molecule has 1 aliphatic rings. The molecule has 7 heteroatoms. The van der Waals surface area contributed by atoms with Gasteiger partial charge in [-0.2, -0.15) is 0 Å². The summed E-state index contributed by atoms with van der Waals surface area (Å²) in [5, 5.41) is 5.67. The van der Waals surface area contributed by atoms with Crippen molar-refractivity contribution in [3.8, 4) is 0 Å². The molecule has 2 aromatic carbocycles. The van der Waals surface area contributed by atoms with Gasteiger partial charge in [-0.1, -0.05) is 24.3 Å². The molecule has 1 fully saturated rings. The third-order valence-corrected chi connectivity index (χ3v) is 6.18. The molecule has 2 heterocycles. The number of carbonyl (C=O) groups is 2. The van der Waals surface area contributed by atoms with Gasteiger partial charge >= 0.3 is 0 Å². The SMILES string of the molecule is Cc1cccc(NC(=O)C2CCN(c3cc(C(=O)Nc4ccccc4F)ccn3)CC2)c1C. The lowest BCUT2D eigenvalue weighted by molar-refractivity contribution is -0.120. The highest BCUT2D eigenvalue weighted by Crippen LogP contribution is 2.25. The average molecular weight is 447 g/mol. The van der Waals surface area contributed by atoms with Crippen LogP contribution < -0.4 is 15.5 Å². The number of rotatable bonds is 5. The third kappa shape index (κ3) is 5.19. The van der Waals surface area contributed by atoms with Crippen molar-refractivity contribution in [2.45, 2.75) is 26.7 Å². The topological polar surface area (TPSA) is 74.3 Å². The van der Waals surface area contributed by atoms with Crippen LogP contribution in [0.4, 0.5) is 21.6 Å². The molecule has 0 aliphatic carbocycles. The molecule has 3 aromatic rings. The first-order valence-corrected chi connectivity index (χ1v) is 11.1. The van der Waals surface area contributed by atoms with E-state index in [1.807, 2.05) is 32.0 Å². The van der Waals surface area contributed by atoms with Gasteiger partial charge in [0.2, 0.25) is 5.91 Å². The molecule has 0 saturated carbocycles. The number of carbonyl (C=O) groups excluding carboxylic acids is 2. The number of nitrogens with one attached hydrogen (secondary N) is 2. The number of para-hydroxylation sites is 1. The number of amides is 2. The van der Waals surface area contributed by atoms with Crippen LogP contribution in [0.1, 0.15) is 34.3 Å². The number of pyridine rings is 1. The molecule has 170 valence electrons. The average Bonchev–Trinajstić information content (AvgIpc) is 2.83. The Morgan fingerprint density at radius 2 is 1.70 bits per heavy atom. The van der Waals surface area contributed by atoms with Crippen LogP contribution in [-0.4, -0.2) is 29.9 Å². The molecular weight excluding hydrogens is 419 g/mol. The van der Waals surface area contributed by atoms with Gasteiger partial charge in [0.05, 0.1) is 5.69 Å². The van der Waals surface area contributed by atoms with Crippen molar-refractivity contribution in [1.29, 1.82) is 0 Å². The zero-order valence-electron chi connectivity index (χ0n) is 18.8. The summed E-state index contributed by atoms with van der Waals surface area (Å²) in [7, 11) is 0. The Kier molecular flexibility index (Phi) is 6.68. The minimum absolute atomic E-state index is 0.0364. The van der Waals surface area contributed by atoms with Gasteiger partial charge in [0.25, 0.3) is 5.91 Å². The monoisotopic (exact) mass is 446 g/mol. The Morgan fingerprint density at radius 1 is 0.970 bits per heavy atom. The molecular formula is C26H27FN4O2. The van der Waals surface area contributed by atoms with E-state index in [4.69, 9.17) is 0 Å². The third-order valence-electron chi connectivity index (χ3n) is 6.18. The molecule has 4 rings (SSSR count). The van der Waals surface area contributed by atoms with E-state index in [1.54, 1.807) is 30.5 Å². The molecule has 33 heavy (non-hydrogen) atoms. The van der Waals surface area contributed by atoms with Crippen LogP contribution in [-0.2, 0) is 4.79 Å². The number of hydrogen-bond acceptors (Lipinski definition) is 4. The normalized spacial score (nSPS) is 14.1. The Labute approximate surface area is 192 Å². The molecule has 1 saturated heterocycles. The maximum absolute atomic E-state index is 13.8. The van der Waals surface area contributed by atoms with Crippen molar-refractivity contribution in [3.63, 3.8) is 0 Å². The van der Waals surface area contributed by atoms with E-state index in [0.717, 1.165) is 16.8 Å². The second kappa shape index (κ2) is 9.81. The molecule has 2 amide bonds. The van der Waals surface area contributed by atoms with Crippen LogP contribution in [0, 0.1) is 25.6 Å². The minimum Gasteiger partial charge on any atom is -0.357 e. The second-order valence-corrected chi connectivity index (χ2v) is 8.33. The summed E-state index contributed by atoms with van der Waals surface area (Å²) >= 11 is 0. The lowest BCUT2D eigenvalue weighted by Gasteiger charge is -2.32. The largest absolute Gasteiger partial charge is 0.357 e. The van der Waals surface area contributed by atoms with Crippen LogP contribution in [0.2, 0.25) is 0 Å². The summed E-state index contributed by atoms with van der Waals surface area (Å²) < 4.78 is 13.8. The molecule has 0 bridgehead atoms. The summed E-state index contributed by atoms with van der Waals surface area (Å²) in [6, 6.07) is 15.3. The maximum atomic E-state index is 13.8. The van der Waals surface area contributed by atoms with Crippen LogP contribution >= 0.6 is 0 Å². The molecule has 6 nitrogen and oxygen atoms in total. The van der Waals surface area contributed by atoms with Crippen molar-refractivity contribution in [3.05, 3.63) is 83.3 Å². The fourth-order valence-corrected chi connectivity index (χ4v) is 3.98. The van der Waals surface area contributed by atoms with Gasteiger partial charge in [-0.05, 0) is 68.1 Å². The van der Waals surface area contributed by atoms with E-state index in [1.165, 1.54) is 12.1 Å². The standard InChI is InChI=1S/C26H27FN4O2/c1-17-6-5-9-22(18(17)2)29-25(32)19-11-14-31(15-12-19)24-16-20(10-13-28-24)26(33)30-23-8-4-3-7-21(23)27/h3-10,13,16,19H,11-12,14-15H2,1-2H3,(H,29,32)(H,30,33). The van der Waals surface area contributed by atoms with Crippen LogP contribution in [0.15, 0.2) is 60.8 Å². The lowest BCUT2D eigenvalue weighted by atomic mass is 9.95. The van der Waals surface area contributed by atoms with Gasteiger partial charge in [-0.3, -0.25) is 9.59 Å². The number of halogens is 1. The number of hydrogen-bond donors (Lipinski definition) is 2. The predicted octanol–water partition coefficient (Wildman–Crippen LogP) is 4.94. The van der Waals surface area contributed by atoms with E-state index in [9.17, 15) is 14.0 Å². The number of piperidine rings is 1. The molecule has 1 aromatic heterocycles. The Balaban J connectivity index is 1.37. The minimum atomic E-state index is -0.485. The Hall–Kier alpha value is -3.74. The van der Waals surface area contributed by atoms with E-state index in [-0.39, 0.29) is 17.5 Å². The van der Waals surface area contributed by atoms with E-state index in [2.05, 4.69) is 20.5 Å². The van der Waals surface area contributed by atoms with Gasteiger partial charge in [-0.25, -0.2) is 9.37 Å². The number of nitrogens with zero attached hydrogens (tertiary/aromatic N) is 2. The van der Waals surface area contributed by atoms with Gasteiger partial charge < -0.3 is 15.5 Å². The van der Waals surface area contributed by atoms with Gasteiger partial charge in [-0.15, -0.1) is 0 Å². The van der Waals surface area contributed by atoms with Crippen LogP contribution in [0.5, 0.6) is 0 Å². The highest BCUT2D eigenvalue weighted by Gasteiger charge is 2.26. The zero-order chi connectivity index (χ0) is 23.4. The smallest absolute Gasteiger partial charge is 0.255 e. The van der Waals surface area contributed by atoms with Gasteiger partial charge in [0, 0.05) is 36.5 Å². The first-order valence-electron chi connectivity index (χ1n) is 11.1. The first kappa shape index (κ1) is 22.5. The molecule has 1 aliphatic heterocycles. The summed E-state index contributed by atoms with van der Waals surface area (Å²) in [6.07, 6.45) is 2.97. The fourth-order valence-electron chi connectivity index (χ4n) is 3.98. The maximum Gasteiger partial charge on any atom is 0.255 e. The molecule has 0 atom stereocenters. The predicted molar refractivity (Wildman–Crippen MR) is 128 cm³/mol. The van der Waals surface area contributed by atoms with Crippen molar-refractivity contribution < 1.29 is 14.0 Å². The number of aryl methyl sites for hydroxylation is 1. The second-order valence-electron chi connectivity index (χ2n) is 8.33. The zero-order valence-corrected chi connectivity index (χ0v) is 18.8. The fraction of sp³-hybridized carbons (Fsp3) is 0.269. The van der Waals surface area contributed by atoms with Crippen molar-refractivity contribution in [2.24, 2.45) is 5.92 Å². The van der Waals surface area contributed by atoms with E-state index >= 15 is 0 Å². The Bertz CT molecular complexity index is 1170. The Morgan fingerprint density at radius 3 is 2.45 bits per heavy atom. The first-order chi connectivity index (χ1) is 15.9. The molecule has 0 spiro atoms. The van der Waals surface area contributed by atoms with Crippen LogP contribution in [0.3, 0.4) is 0 Å². The molecule has 2 N–H and O–H groups in total. The highest BCUT2D eigenvalue weighted by atomic mass is 19.1. The van der Waals surface area contributed by atoms with Gasteiger partial charge in [0.1, 0.15) is 11.6 Å². The number of benzene rings is 2. The van der Waals surface area contributed by atoms with Crippen molar-refractivity contribution in [1.82, 2.24) is 4.98 Å². The summed E-state index contributed by atoms with van der Waals surface area (Å²) in [5.41, 5.74) is 3.62. The van der Waals surface area contributed by atoms with Crippen molar-refractivity contribution >= 4 is 29.0 Å². The van der Waals surface area contributed by atoms with E-state index in [0.29, 0.717) is 37.3 Å². The summed E-state index contributed by atoms with van der Waals surface area (Å²) in [5.74, 6) is -0.250. The number of aromatic nitrogens is 1. The molecule has 0 radical (unpaired) electrons. The molecule has 0 unspecified atom stereocenters. The quantitative estimate of drug-likeness (QED) is 0.582. The highest BCUT2D eigenvalue weighted by molar-refractivity contribution is 6.04. The lowest BCUT2D eigenvalue weighted by Crippen LogP contribution is -2.38. The van der Waals surface area contributed by atoms with Crippen molar-refractivity contribution in [2.75, 3.05) is 28.6 Å².